The Bertz CT molecular complexity index is 1230. The lowest BCUT2D eigenvalue weighted by Gasteiger charge is -2.44. The Morgan fingerprint density at radius 2 is 1.86 bits per heavy atom. The minimum atomic E-state index is -0.241. The number of H-pyrrole nitrogens is 1. The van der Waals surface area contributed by atoms with E-state index in [-0.39, 0.29) is 11.7 Å². The van der Waals surface area contributed by atoms with Crippen molar-refractivity contribution in [1.29, 1.82) is 0 Å². The molecule has 1 saturated heterocycles. The summed E-state index contributed by atoms with van der Waals surface area (Å²) in [4.78, 5) is 29.3. The van der Waals surface area contributed by atoms with E-state index in [1.807, 2.05) is 24.3 Å². The average molecular weight is 543 g/mol. The molecule has 1 aliphatic heterocycles. The molecule has 4 rings (SSSR count). The Morgan fingerprint density at radius 3 is 2.57 bits per heavy atom. The number of carbonyl (C=O) groups is 1. The monoisotopic (exact) mass is 542 g/mol. The van der Waals surface area contributed by atoms with Crippen molar-refractivity contribution in [3.8, 4) is 0 Å². The number of amides is 1. The van der Waals surface area contributed by atoms with Crippen LogP contribution in [0.15, 0.2) is 54.6 Å². The number of aromatic nitrogens is 3. The molecule has 1 amide bonds. The minimum Gasteiger partial charge on any atom is -0.491 e. The standard InChI is InChI=1S/C27H32Cl2N6O2/c1-18-16-34(27-31-9-5-10-32-27)17-19(2)35(18)12-6-11-30-26(36)25(37-3)8-4-7-21-13-20-14-22(28)23(29)15-24(20)33-21/h4-5,7-10,13-15,18-19,33H,6,11-12,16-17H2,1-3H3,(H,30,36)/b7-4+,25-8+. The highest BCUT2D eigenvalue weighted by Crippen LogP contribution is 2.28. The van der Waals surface area contributed by atoms with Crippen LogP contribution in [0.25, 0.3) is 17.0 Å². The minimum absolute atomic E-state index is 0.241. The van der Waals surface area contributed by atoms with Crippen molar-refractivity contribution in [3.63, 3.8) is 0 Å². The zero-order valence-corrected chi connectivity index (χ0v) is 22.8. The summed E-state index contributed by atoms with van der Waals surface area (Å²) in [5, 5.41) is 4.93. The van der Waals surface area contributed by atoms with Crippen molar-refractivity contribution in [2.75, 3.05) is 38.2 Å². The number of nitrogens with one attached hydrogen (secondary N) is 2. The summed E-state index contributed by atoms with van der Waals surface area (Å²) in [6.07, 6.45) is 9.67. The molecular weight excluding hydrogens is 511 g/mol. The van der Waals surface area contributed by atoms with Crippen LogP contribution in [0.3, 0.4) is 0 Å². The highest BCUT2D eigenvalue weighted by atomic mass is 35.5. The summed E-state index contributed by atoms with van der Waals surface area (Å²) in [6.45, 7) is 7.65. The van der Waals surface area contributed by atoms with Crippen LogP contribution in [-0.4, -0.2) is 71.1 Å². The first-order chi connectivity index (χ1) is 17.9. The molecule has 0 saturated carbocycles. The Balaban J connectivity index is 1.25. The van der Waals surface area contributed by atoms with E-state index in [0.29, 0.717) is 28.7 Å². The molecule has 1 aromatic carbocycles. The number of hydrogen-bond donors (Lipinski definition) is 2. The average Bonchev–Trinajstić information content (AvgIpc) is 3.27. The molecule has 2 aromatic heterocycles. The maximum atomic E-state index is 12.6. The molecule has 37 heavy (non-hydrogen) atoms. The lowest BCUT2D eigenvalue weighted by atomic mass is 10.1. The second kappa shape index (κ2) is 12.4. The number of ether oxygens (including phenoxy) is 1. The lowest BCUT2D eigenvalue weighted by molar-refractivity contribution is -0.120. The van der Waals surface area contributed by atoms with Gasteiger partial charge in [-0.05, 0) is 56.7 Å². The molecule has 10 heteroatoms. The number of methoxy groups -OCH3 is 1. The van der Waals surface area contributed by atoms with Crippen LogP contribution in [0.1, 0.15) is 26.0 Å². The molecule has 2 atom stereocenters. The Hall–Kier alpha value is -3.07. The maximum Gasteiger partial charge on any atom is 0.286 e. The van der Waals surface area contributed by atoms with Gasteiger partial charge in [0, 0.05) is 67.3 Å². The van der Waals surface area contributed by atoms with E-state index >= 15 is 0 Å². The molecule has 0 bridgehead atoms. The van der Waals surface area contributed by atoms with Gasteiger partial charge in [0.2, 0.25) is 5.95 Å². The van der Waals surface area contributed by atoms with Crippen LogP contribution in [0, 0.1) is 0 Å². The van der Waals surface area contributed by atoms with Gasteiger partial charge >= 0.3 is 0 Å². The van der Waals surface area contributed by atoms with Gasteiger partial charge in [0.05, 0.1) is 17.2 Å². The van der Waals surface area contributed by atoms with Crippen molar-refractivity contribution in [3.05, 3.63) is 70.3 Å². The number of carbonyl (C=O) groups excluding carboxylic acids is 1. The van der Waals surface area contributed by atoms with Crippen molar-refractivity contribution in [1.82, 2.24) is 25.2 Å². The normalized spacial score (nSPS) is 19.1. The molecule has 0 aliphatic carbocycles. The van der Waals surface area contributed by atoms with Crippen molar-refractivity contribution in [2.24, 2.45) is 0 Å². The first-order valence-corrected chi connectivity index (χ1v) is 13.1. The van der Waals surface area contributed by atoms with Crippen LogP contribution in [0.2, 0.25) is 10.0 Å². The molecule has 2 unspecified atom stereocenters. The fourth-order valence-electron chi connectivity index (χ4n) is 4.68. The van der Waals surface area contributed by atoms with E-state index in [4.69, 9.17) is 27.9 Å². The van der Waals surface area contributed by atoms with Gasteiger partial charge < -0.3 is 19.9 Å². The van der Waals surface area contributed by atoms with Crippen molar-refractivity contribution >= 4 is 52.0 Å². The fourth-order valence-corrected chi connectivity index (χ4v) is 5.02. The van der Waals surface area contributed by atoms with Crippen LogP contribution in [-0.2, 0) is 9.53 Å². The van der Waals surface area contributed by atoms with Crippen LogP contribution >= 0.6 is 23.2 Å². The molecular formula is C27H32Cl2N6O2. The van der Waals surface area contributed by atoms with Crippen LogP contribution in [0.5, 0.6) is 0 Å². The SMILES string of the molecule is CO/C(=C/C=C/c1cc2cc(Cl)c(Cl)cc2[nH]1)C(=O)NCCCN1C(C)CN(c2ncccn2)CC1C. The number of nitrogens with zero attached hydrogens (tertiary/aromatic N) is 4. The van der Waals surface area contributed by atoms with Gasteiger partial charge in [0.15, 0.2) is 5.76 Å². The van der Waals surface area contributed by atoms with Crippen LogP contribution in [0.4, 0.5) is 5.95 Å². The van der Waals surface area contributed by atoms with E-state index < -0.39 is 0 Å². The number of benzene rings is 1. The van der Waals surface area contributed by atoms with Gasteiger partial charge in [-0.15, -0.1) is 0 Å². The zero-order valence-electron chi connectivity index (χ0n) is 21.2. The van der Waals surface area contributed by atoms with E-state index in [9.17, 15) is 4.79 Å². The van der Waals surface area contributed by atoms with Crippen LogP contribution < -0.4 is 10.2 Å². The van der Waals surface area contributed by atoms with Gasteiger partial charge in [-0.25, -0.2) is 9.97 Å². The lowest BCUT2D eigenvalue weighted by Crippen LogP contribution is -2.57. The highest BCUT2D eigenvalue weighted by Gasteiger charge is 2.30. The molecule has 2 N–H and O–H groups in total. The predicted octanol–water partition coefficient (Wildman–Crippen LogP) is 4.91. The molecule has 8 nitrogen and oxygen atoms in total. The summed E-state index contributed by atoms with van der Waals surface area (Å²) in [5.41, 5.74) is 1.75. The summed E-state index contributed by atoms with van der Waals surface area (Å²) in [6, 6.07) is 8.12. The Kier molecular flexibility index (Phi) is 9.08. The largest absolute Gasteiger partial charge is 0.491 e. The van der Waals surface area contributed by atoms with E-state index in [2.05, 4.69) is 43.9 Å². The van der Waals surface area contributed by atoms with Gasteiger partial charge in [0.25, 0.3) is 5.91 Å². The number of allylic oxidation sites excluding steroid dienone is 2. The van der Waals surface area contributed by atoms with E-state index in [1.54, 1.807) is 30.6 Å². The number of fused-ring (bicyclic) bond motifs is 1. The number of halogens is 2. The summed E-state index contributed by atoms with van der Waals surface area (Å²) in [5.74, 6) is 0.783. The quantitative estimate of drug-likeness (QED) is 0.173. The molecule has 3 heterocycles. The Labute approximate surface area is 227 Å². The van der Waals surface area contributed by atoms with Crippen molar-refractivity contribution in [2.45, 2.75) is 32.4 Å². The van der Waals surface area contributed by atoms with Gasteiger partial charge in [-0.1, -0.05) is 29.3 Å². The molecule has 0 spiro atoms. The highest BCUT2D eigenvalue weighted by molar-refractivity contribution is 6.42. The summed E-state index contributed by atoms with van der Waals surface area (Å²) < 4.78 is 5.30. The smallest absolute Gasteiger partial charge is 0.286 e. The molecule has 0 radical (unpaired) electrons. The number of hydrogen-bond acceptors (Lipinski definition) is 6. The first kappa shape index (κ1) is 27.0. The predicted molar refractivity (Wildman–Crippen MR) is 150 cm³/mol. The fraction of sp³-hybridized carbons (Fsp3) is 0.370. The topological polar surface area (TPSA) is 86.4 Å². The van der Waals surface area contributed by atoms with Crippen molar-refractivity contribution < 1.29 is 9.53 Å². The first-order valence-electron chi connectivity index (χ1n) is 12.3. The third kappa shape index (κ3) is 6.83. The van der Waals surface area contributed by atoms with E-state index in [0.717, 1.165) is 48.6 Å². The maximum absolute atomic E-state index is 12.6. The molecule has 196 valence electrons. The number of aromatic amines is 1. The van der Waals surface area contributed by atoms with E-state index in [1.165, 1.54) is 7.11 Å². The van der Waals surface area contributed by atoms with Gasteiger partial charge in [0.1, 0.15) is 0 Å². The number of anilines is 1. The Morgan fingerprint density at radius 1 is 1.16 bits per heavy atom. The number of piperazine rings is 1. The second-order valence-electron chi connectivity index (χ2n) is 9.17. The summed E-state index contributed by atoms with van der Waals surface area (Å²) in [7, 11) is 1.49. The number of rotatable bonds is 9. The summed E-state index contributed by atoms with van der Waals surface area (Å²) >= 11 is 12.2. The molecule has 1 fully saturated rings. The third-order valence-electron chi connectivity index (χ3n) is 6.46. The molecule has 1 aliphatic rings. The van der Waals surface area contributed by atoms with Gasteiger partial charge in [-0.2, -0.15) is 0 Å². The zero-order chi connectivity index (χ0) is 26.4. The third-order valence-corrected chi connectivity index (χ3v) is 7.19. The molecule has 3 aromatic rings. The van der Waals surface area contributed by atoms with Gasteiger partial charge in [-0.3, -0.25) is 9.69 Å². The second-order valence-corrected chi connectivity index (χ2v) is 9.99.